The van der Waals surface area contributed by atoms with Crippen molar-refractivity contribution < 1.29 is 22.7 Å². The zero-order valence-corrected chi connectivity index (χ0v) is 11.1. The number of carbonyl (C=O) groups excluding carboxylic acids is 1. The predicted octanol–water partition coefficient (Wildman–Crippen LogP) is 2.51. The minimum atomic E-state index is -4.39. The van der Waals surface area contributed by atoms with Crippen LogP contribution in [0, 0.1) is 0 Å². The lowest BCUT2D eigenvalue weighted by Gasteiger charge is -2.06. The highest BCUT2D eigenvalue weighted by Crippen LogP contribution is 2.29. The maximum atomic E-state index is 12.5. The van der Waals surface area contributed by atoms with Crippen LogP contribution >= 0.6 is 0 Å². The highest BCUT2D eigenvalue weighted by atomic mass is 19.4. The van der Waals surface area contributed by atoms with E-state index in [1.807, 2.05) is 0 Å². The van der Waals surface area contributed by atoms with Crippen LogP contribution in [0.1, 0.15) is 23.0 Å². The zero-order valence-electron chi connectivity index (χ0n) is 11.1. The van der Waals surface area contributed by atoms with Crippen LogP contribution < -0.4 is 0 Å². The fourth-order valence-corrected chi connectivity index (χ4v) is 1.57. The van der Waals surface area contributed by atoms with Crippen LogP contribution in [0.4, 0.5) is 13.2 Å². The molecule has 0 saturated carbocycles. The van der Waals surface area contributed by atoms with E-state index in [1.54, 1.807) is 6.92 Å². The molecule has 0 spiro atoms. The first-order chi connectivity index (χ1) is 9.91. The van der Waals surface area contributed by atoms with E-state index in [4.69, 9.17) is 4.74 Å². The molecule has 0 aliphatic carbocycles. The molecule has 0 aliphatic rings. The van der Waals surface area contributed by atoms with E-state index in [1.165, 1.54) is 18.3 Å². The number of hydrogen-bond donors (Lipinski definition) is 0. The van der Waals surface area contributed by atoms with Crippen molar-refractivity contribution in [1.82, 2.24) is 15.0 Å². The van der Waals surface area contributed by atoms with Gasteiger partial charge in [-0.25, -0.2) is 0 Å². The molecule has 0 bridgehead atoms. The van der Waals surface area contributed by atoms with E-state index in [9.17, 15) is 18.0 Å². The van der Waals surface area contributed by atoms with Gasteiger partial charge in [-0.3, -0.25) is 4.79 Å². The van der Waals surface area contributed by atoms with Gasteiger partial charge in [0, 0.05) is 6.61 Å². The molecule has 21 heavy (non-hydrogen) atoms. The van der Waals surface area contributed by atoms with Crippen molar-refractivity contribution >= 4 is 5.78 Å². The summed E-state index contributed by atoms with van der Waals surface area (Å²) in [6.45, 7) is 2.05. The molecule has 1 aromatic carbocycles. The largest absolute Gasteiger partial charge is 0.416 e. The monoisotopic (exact) mass is 299 g/mol. The standard InChI is InChI=1S/C13H12F3N3O2/c1-2-21-8-12(20)11-7-17-19(18-11)10-5-3-9(4-6-10)13(14,15)16/h3-7H,2,8H2,1H3. The number of benzene rings is 1. The van der Waals surface area contributed by atoms with Gasteiger partial charge in [0.15, 0.2) is 5.69 Å². The van der Waals surface area contributed by atoms with Crippen LogP contribution in [-0.4, -0.2) is 34.0 Å². The minimum absolute atomic E-state index is 0.100. The van der Waals surface area contributed by atoms with Crippen molar-refractivity contribution in [2.45, 2.75) is 13.1 Å². The average molecular weight is 299 g/mol. The Morgan fingerprint density at radius 2 is 1.95 bits per heavy atom. The molecular weight excluding hydrogens is 287 g/mol. The smallest absolute Gasteiger partial charge is 0.374 e. The van der Waals surface area contributed by atoms with Crippen molar-refractivity contribution in [1.29, 1.82) is 0 Å². The Morgan fingerprint density at radius 3 is 2.52 bits per heavy atom. The first-order valence-corrected chi connectivity index (χ1v) is 6.12. The number of ether oxygens (including phenoxy) is 1. The van der Waals surface area contributed by atoms with E-state index in [-0.39, 0.29) is 18.1 Å². The van der Waals surface area contributed by atoms with Crippen LogP contribution in [0.2, 0.25) is 0 Å². The molecule has 0 atom stereocenters. The van der Waals surface area contributed by atoms with Gasteiger partial charge >= 0.3 is 6.18 Å². The van der Waals surface area contributed by atoms with Crippen LogP contribution in [0.5, 0.6) is 0 Å². The van der Waals surface area contributed by atoms with Gasteiger partial charge < -0.3 is 4.74 Å². The summed E-state index contributed by atoms with van der Waals surface area (Å²) in [5.41, 5.74) is -0.326. The van der Waals surface area contributed by atoms with Gasteiger partial charge in [-0.15, -0.1) is 5.10 Å². The number of rotatable bonds is 5. The highest BCUT2D eigenvalue weighted by molar-refractivity contribution is 5.94. The summed E-state index contributed by atoms with van der Waals surface area (Å²) in [6.07, 6.45) is -3.15. The Hall–Kier alpha value is -2.22. The number of halogens is 3. The summed E-state index contributed by atoms with van der Waals surface area (Å²) in [6, 6.07) is 4.33. The molecule has 112 valence electrons. The van der Waals surface area contributed by atoms with Crippen LogP contribution in [0.25, 0.3) is 5.69 Å². The third kappa shape index (κ3) is 3.66. The summed E-state index contributed by atoms with van der Waals surface area (Å²) in [7, 11) is 0. The van der Waals surface area contributed by atoms with Crippen LogP contribution in [0.3, 0.4) is 0 Å². The molecule has 2 rings (SSSR count). The Balaban J connectivity index is 2.16. The molecule has 0 amide bonds. The maximum absolute atomic E-state index is 12.5. The predicted molar refractivity (Wildman–Crippen MR) is 67.2 cm³/mol. The second-order valence-electron chi connectivity index (χ2n) is 4.12. The number of ketones is 1. The molecule has 2 aromatic rings. The second kappa shape index (κ2) is 6.04. The van der Waals surface area contributed by atoms with Crippen LogP contribution in [0.15, 0.2) is 30.5 Å². The molecular formula is C13H12F3N3O2. The Labute approximate surface area is 118 Å². The van der Waals surface area contributed by atoms with Crippen molar-refractivity contribution in [3.05, 3.63) is 41.7 Å². The Morgan fingerprint density at radius 1 is 1.29 bits per heavy atom. The summed E-state index contributed by atoms with van der Waals surface area (Å²) >= 11 is 0. The molecule has 0 saturated heterocycles. The third-order valence-corrected chi connectivity index (χ3v) is 2.64. The average Bonchev–Trinajstić information content (AvgIpc) is 2.94. The van der Waals surface area contributed by atoms with Gasteiger partial charge in [0.05, 0.1) is 17.4 Å². The SMILES string of the molecule is CCOCC(=O)c1cnn(-c2ccc(C(F)(F)F)cc2)n1. The summed E-state index contributed by atoms with van der Waals surface area (Å²) in [5.74, 6) is -0.338. The van der Waals surface area contributed by atoms with E-state index in [0.717, 1.165) is 16.9 Å². The number of Topliss-reactive ketones (excluding diaryl/α,β-unsaturated/α-hetero) is 1. The van der Waals surface area contributed by atoms with E-state index >= 15 is 0 Å². The van der Waals surface area contributed by atoms with Crippen molar-refractivity contribution in [2.75, 3.05) is 13.2 Å². The molecule has 8 heteroatoms. The first-order valence-electron chi connectivity index (χ1n) is 6.12. The Kier molecular flexibility index (Phi) is 4.37. The third-order valence-electron chi connectivity index (χ3n) is 2.64. The minimum Gasteiger partial charge on any atom is -0.374 e. The molecule has 1 aromatic heterocycles. The number of alkyl halides is 3. The van der Waals surface area contributed by atoms with Crippen molar-refractivity contribution in [3.63, 3.8) is 0 Å². The van der Waals surface area contributed by atoms with E-state index in [2.05, 4.69) is 10.2 Å². The lowest BCUT2D eigenvalue weighted by molar-refractivity contribution is -0.137. The summed E-state index contributed by atoms with van der Waals surface area (Å²) in [4.78, 5) is 12.7. The number of aromatic nitrogens is 3. The summed E-state index contributed by atoms with van der Waals surface area (Å²) < 4.78 is 42.3. The Bertz CT molecular complexity index is 620. The highest BCUT2D eigenvalue weighted by Gasteiger charge is 2.30. The lowest BCUT2D eigenvalue weighted by Crippen LogP contribution is -2.10. The zero-order chi connectivity index (χ0) is 15.5. The van der Waals surface area contributed by atoms with E-state index < -0.39 is 11.7 Å². The molecule has 5 nitrogen and oxygen atoms in total. The molecule has 1 heterocycles. The molecule has 0 fully saturated rings. The fraction of sp³-hybridized carbons (Fsp3) is 0.308. The number of hydrogen-bond acceptors (Lipinski definition) is 4. The molecule has 0 aliphatic heterocycles. The first kappa shape index (κ1) is 15.2. The van der Waals surface area contributed by atoms with Gasteiger partial charge in [0.1, 0.15) is 6.61 Å². The van der Waals surface area contributed by atoms with Gasteiger partial charge in [0.25, 0.3) is 0 Å². The van der Waals surface area contributed by atoms with Gasteiger partial charge in [-0.2, -0.15) is 23.1 Å². The molecule has 0 radical (unpaired) electrons. The van der Waals surface area contributed by atoms with Crippen molar-refractivity contribution in [2.24, 2.45) is 0 Å². The van der Waals surface area contributed by atoms with Gasteiger partial charge in [-0.05, 0) is 31.2 Å². The quantitative estimate of drug-likeness (QED) is 0.796. The fourth-order valence-electron chi connectivity index (χ4n) is 1.57. The van der Waals surface area contributed by atoms with Crippen molar-refractivity contribution in [3.8, 4) is 5.69 Å². The molecule has 0 unspecified atom stereocenters. The van der Waals surface area contributed by atoms with E-state index in [0.29, 0.717) is 12.3 Å². The number of carbonyl (C=O) groups is 1. The second-order valence-corrected chi connectivity index (χ2v) is 4.12. The number of nitrogens with zero attached hydrogens (tertiary/aromatic N) is 3. The normalized spacial score (nSPS) is 11.6. The van der Waals surface area contributed by atoms with Gasteiger partial charge in [0.2, 0.25) is 5.78 Å². The molecule has 0 N–H and O–H groups in total. The topological polar surface area (TPSA) is 57.0 Å². The summed E-state index contributed by atoms with van der Waals surface area (Å²) in [5, 5.41) is 7.78. The maximum Gasteiger partial charge on any atom is 0.416 e. The van der Waals surface area contributed by atoms with Gasteiger partial charge in [-0.1, -0.05) is 0 Å². The lowest BCUT2D eigenvalue weighted by atomic mass is 10.2. The van der Waals surface area contributed by atoms with Crippen LogP contribution in [-0.2, 0) is 10.9 Å².